The Balaban J connectivity index is 1.64. The summed E-state index contributed by atoms with van der Waals surface area (Å²) in [7, 11) is 1.56. The number of methoxy groups -OCH3 is 1. The lowest BCUT2D eigenvalue weighted by atomic mass is 9.94. The molecule has 176 valence electrons. The number of pyridine rings is 1. The number of carbonyl (C=O) groups is 2. The third kappa shape index (κ3) is 5.82. The van der Waals surface area contributed by atoms with Gasteiger partial charge in [-0.2, -0.15) is 0 Å². The van der Waals surface area contributed by atoms with Crippen LogP contribution in [0.25, 0.3) is 0 Å². The predicted molar refractivity (Wildman–Crippen MR) is 122 cm³/mol. The normalized spacial score (nSPS) is 16.3. The second-order valence-corrected chi connectivity index (χ2v) is 8.48. The van der Waals surface area contributed by atoms with Crippen LogP contribution in [0.4, 0.5) is 0 Å². The summed E-state index contributed by atoms with van der Waals surface area (Å²) in [6.07, 6.45) is 8.83. The molecule has 8 heteroatoms. The van der Waals surface area contributed by atoms with Gasteiger partial charge in [-0.25, -0.2) is 0 Å². The van der Waals surface area contributed by atoms with Gasteiger partial charge in [0.25, 0.3) is 0 Å². The summed E-state index contributed by atoms with van der Waals surface area (Å²) < 4.78 is 16.1. The van der Waals surface area contributed by atoms with E-state index in [1.54, 1.807) is 36.5 Å². The molecule has 1 aromatic heterocycles. The van der Waals surface area contributed by atoms with Crippen molar-refractivity contribution in [2.45, 2.75) is 57.2 Å². The molecular weight excluding hydrogens is 422 g/mol. The van der Waals surface area contributed by atoms with Gasteiger partial charge in [0, 0.05) is 32.1 Å². The molecule has 1 aromatic carbocycles. The average molecular weight is 454 g/mol. The first-order valence-electron chi connectivity index (χ1n) is 11.5. The molecule has 8 nitrogen and oxygen atoms in total. The van der Waals surface area contributed by atoms with Gasteiger partial charge in [-0.3, -0.25) is 14.6 Å². The van der Waals surface area contributed by atoms with Crippen LogP contribution in [0.2, 0.25) is 0 Å². The molecule has 1 aliphatic heterocycles. The zero-order valence-electron chi connectivity index (χ0n) is 19.0. The summed E-state index contributed by atoms with van der Waals surface area (Å²) in [5, 5.41) is 3.21. The maximum Gasteiger partial charge on any atom is 0.247 e. The molecule has 2 heterocycles. The molecule has 1 N–H and O–H groups in total. The van der Waals surface area contributed by atoms with Crippen LogP contribution in [0.3, 0.4) is 0 Å². The molecule has 0 bridgehead atoms. The third-order valence-electron chi connectivity index (χ3n) is 6.16. The van der Waals surface area contributed by atoms with Crippen molar-refractivity contribution < 1.29 is 23.8 Å². The van der Waals surface area contributed by atoms with E-state index in [4.69, 9.17) is 14.2 Å². The lowest BCUT2D eigenvalue weighted by Gasteiger charge is -2.33. The van der Waals surface area contributed by atoms with Crippen molar-refractivity contribution >= 4 is 11.8 Å². The molecule has 1 aliphatic carbocycles. The Labute approximate surface area is 194 Å². The fraction of sp³-hybridized carbons (Fsp3) is 0.480. The molecule has 0 spiro atoms. The van der Waals surface area contributed by atoms with E-state index in [0.717, 1.165) is 36.8 Å². The molecule has 0 saturated heterocycles. The molecule has 1 atom stereocenters. The number of ether oxygens (including phenoxy) is 3. The van der Waals surface area contributed by atoms with Gasteiger partial charge >= 0.3 is 0 Å². The Morgan fingerprint density at radius 2 is 1.88 bits per heavy atom. The highest BCUT2D eigenvalue weighted by atomic mass is 16.7. The number of aromatic nitrogens is 1. The topological polar surface area (TPSA) is 90.0 Å². The van der Waals surface area contributed by atoms with Gasteiger partial charge in [0.2, 0.25) is 18.6 Å². The largest absolute Gasteiger partial charge is 0.454 e. The van der Waals surface area contributed by atoms with Gasteiger partial charge in [-0.1, -0.05) is 25.3 Å². The van der Waals surface area contributed by atoms with E-state index in [2.05, 4.69) is 10.3 Å². The zero-order valence-corrected chi connectivity index (χ0v) is 19.0. The Hall–Kier alpha value is -3.13. The van der Waals surface area contributed by atoms with Crippen molar-refractivity contribution in [1.82, 2.24) is 15.2 Å². The van der Waals surface area contributed by atoms with E-state index in [1.807, 2.05) is 18.2 Å². The Kier molecular flexibility index (Phi) is 7.78. The minimum absolute atomic E-state index is 0.136. The highest BCUT2D eigenvalue weighted by Gasteiger charge is 2.33. The van der Waals surface area contributed by atoms with Gasteiger partial charge in [-0.05, 0) is 48.2 Å². The molecule has 1 saturated carbocycles. The molecule has 1 unspecified atom stereocenters. The Bertz CT molecular complexity index is 946. The summed E-state index contributed by atoms with van der Waals surface area (Å²) in [6.45, 7) is 0.715. The van der Waals surface area contributed by atoms with Crippen molar-refractivity contribution in [2.24, 2.45) is 0 Å². The number of hydrogen-bond acceptors (Lipinski definition) is 6. The average Bonchev–Trinajstić information content (AvgIpc) is 3.31. The van der Waals surface area contributed by atoms with E-state index in [0.29, 0.717) is 11.5 Å². The minimum Gasteiger partial charge on any atom is -0.454 e. The number of rotatable bonds is 9. The Morgan fingerprint density at radius 1 is 1.12 bits per heavy atom. The predicted octanol–water partition coefficient (Wildman–Crippen LogP) is 3.37. The fourth-order valence-corrected chi connectivity index (χ4v) is 4.44. The number of hydrogen-bond donors (Lipinski definition) is 1. The first-order chi connectivity index (χ1) is 16.2. The molecule has 2 amide bonds. The number of fused-ring (bicyclic) bond motifs is 1. The maximum atomic E-state index is 13.6. The number of nitrogens with one attached hydrogen (secondary N) is 1. The van der Waals surface area contributed by atoms with Gasteiger partial charge < -0.3 is 24.4 Å². The van der Waals surface area contributed by atoms with Crippen LogP contribution in [-0.4, -0.2) is 48.2 Å². The first-order valence-corrected chi connectivity index (χ1v) is 11.5. The summed E-state index contributed by atoms with van der Waals surface area (Å²) in [5.41, 5.74) is 1.58. The van der Waals surface area contributed by atoms with Gasteiger partial charge in [-0.15, -0.1) is 0 Å². The van der Waals surface area contributed by atoms with E-state index in [9.17, 15) is 9.59 Å². The fourth-order valence-electron chi connectivity index (χ4n) is 4.44. The number of benzene rings is 1. The van der Waals surface area contributed by atoms with Crippen LogP contribution in [-0.2, 0) is 20.9 Å². The molecular formula is C25H31N3O5. The van der Waals surface area contributed by atoms with Crippen molar-refractivity contribution in [3.63, 3.8) is 0 Å². The van der Waals surface area contributed by atoms with Crippen LogP contribution >= 0.6 is 0 Å². The highest BCUT2D eigenvalue weighted by molar-refractivity contribution is 5.89. The van der Waals surface area contributed by atoms with Crippen molar-refractivity contribution in [2.75, 3.05) is 20.5 Å². The smallest absolute Gasteiger partial charge is 0.247 e. The van der Waals surface area contributed by atoms with Crippen LogP contribution in [0.15, 0.2) is 42.7 Å². The second kappa shape index (κ2) is 11.1. The van der Waals surface area contributed by atoms with Crippen molar-refractivity contribution in [3.05, 3.63) is 53.9 Å². The molecule has 4 rings (SSSR count). The molecule has 0 radical (unpaired) electrons. The van der Waals surface area contributed by atoms with E-state index in [1.165, 1.54) is 6.42 Å². The highest BCUT2D eigenvalue weighted by Crippen LogP contribution is 2.34. The summed E-state index contributed by atoms with van der Waals surface area (Å²) in [6, 6.07) is 8.54. The van der Waals surface area contributed by atoms with E-state index >= 15 is 0 Å². The van der Waals surface area contributed by atoms with Crippen molar-refractivity contribution in [1.29, 1.82) is 0 Å². The van der Waals surface area contributed by atoms with Crippen LogP contribution in [0, 0.1) is 0 Å². The third-order valence-corrected chi connectivity index (χ3v) is 6.16. The number of nitrogens with zero attached hydrogens (tertiary/aromatic N) is 2. The minimum atomic E-state index is -0.773. The van der Waals surface area contributed by atoms with Gasteiger partial charge in [0.15, 0.2) is 11.5 Å². The standard InChI is InChI=1S/C25H31N3O5/c1-31-14-11-23(29)28(16-18-7-8-21-22(15-18)33-17-32-21)24(19-9-12-26-13-10-19)25(30)27-20-5-3-2-4-6-20/h7-10,12-13,15,20,24H,2-6,11,14,16-17H2,1H3,(H,27,30). The number of carbonyl (C=O) groups excluding carboxylic acids is 2. The van der Waals surface area contributed by atoms with Crippen LogP contribution in [0.5, 0.6) is 11.5 Å². The maximum absolute atomic E-state index is 13.6. The van der Waals surface area contributed by atoms with Crippen LogP contribution < -0.4 is 14.8 Å². The monoisotopic (exact) mass is 453 g/mol. The SMILES string of the molecule is COCCC(=O)N(Cc1ccc2c(c1)OCO2)C(C(=O)NC1CCCCC1)c1ccncc1. The molecule has 1 fully saturated rings. The lowest BCUT2D eigenvalue weighted by Crippen LogP contribution is -2.47. The first kappa shape index (κ1) is 23.0. The lowest BCUT2D eigenvalue weighted by molar-refractivity contribution is -0.142. The molecule has 33 heavy (non-hydrogen) atoms. The molecule has 2 aliphatic rings. The summed E-state index contributed by atoms with van der Waals surface area (Å²) >= 11 is 0. The quantitative estimate of drug-likeness (QED) is 0.626. The Morgan fingerprint density at radius 3 is 2.64 bits per heavy atom. The summed E-state index contributed by atoms with van der Waals surface area (Å²) in [5.74, 6) is 0.996. The number of amides is 2. The van der Waals surface area contributed by atoms with Gasteiger partial charge in [0.05, 0.1) is 13.0 Å². The van der Waals surface area contributed by atoms with Crippen LogP contribution in [0.1, 0.15) is 55.7 Å². The summed E-state index contributed by atoms with van der Waals surface area (Å²) in [4.78, 5) is 32.7. The second-order valence-electron chi connectivity index (χ2n) is 8.48. The zero-order chi connectivity index (χ0) is 23.0. The van der Waals surface area contributed by atoms with E-state index in [-0.39, 0.29) is 44.2 Å². The van der Waals surface area contributed by atoms with E-state index < -0.39 is 6.04 Å². The molecule has 2 aromatic rings. The van der Waals surface area contributed by atoms with Crippen molar-refractivity contribution in [3.8, 4) is 11.5 Å². The van der Waals surface area contributed by atoms with Gasteiger partial charge in [0.1, 0.15) is 6.04 Å².